The first-order valence-corrected chi connectivity index (χ1v) is 6.68. The van der Waals surface area contributed by atoms with Crippen molar-refractivity contribution in [3.63, 3.8) is 0 Å². The van der Waals surface area contributed by atoms with Crippen LogP contribution in [0.25, 0.3) is 27.9 Å². The molecule has 0 spiro atoms. The Labute approximate surface area is 126 Å². The zero-order valence-corrected chi connectivity index (χ0v) is 11.5. The number of hydrogen-bond acceptors (Lipinski definition) is 4. The first kappa shape index (κ1) is 12.3. The van der Waals surface area contributed by atoms with Crippen LogP contribution < -0.4 is 0 Å². The van der Waals surface area contributed by atoms with E-state index < -0.39 is 0 Å². The Balaban J connectivity index is 2.09. The molecule has 0 unspecified atom stereocenters. The van der Waals surface area contributed by atoms with Gasteiger partial charge in [0.25, 0.3) is 0 Å². The minimum atomic E-state index is 0.311. The lowest BCUT2D eigenvalue weighted by atomic mass is 10.1. The zero-order chi connectivity index (χ0) is 15.3. The quantitative estimate of drug-likeness (QED) is 0.494. The van der Waals surface area contributed by atoms with Gasteiger partial charge in [-0.05, 0) is 17.7 Å². The van der Waals surface area contributed by atoms with E-state index in [1.807, 2.05) is 36.4 Å². The number of nitrogens with zero attached hydrogens (tertiary/aromatic N) is 4. The van der Waals surface area contributed by atoms with Crippen LogP contribution in [0.3, 0.4) is 0 Å². The van der Waals surface area contributed by atoms with Crippen LogP contribution in [0.4, 0.5) is 0 Å². The van der Waals surface area contributed by atoms with E-state index >= 15 is 0 Å². The third kappa shape index (κ3) is 1.49. The molecule has 0 fully saturated rings. The Kier molecular flexibility index (Phi) is 2.37. The molecule has 4 rings (SSSR count). The second-order valence-corrected chi connectivity index (χ2v) is 5.06. The molecule has 0 N–H and O–H groups in total. The Morgan fingerprint density at radius 2 is 1.36 bits per heavy atom. The zero-order valence-electron chi connectivity index (χ0n) is 11.5. The number of nitriles is 2. The molecule has 1 aromatic heterocycles. The fraction of sp³-hybridized carbons (Fsp3) is 0. The maximum atomic E-state index is 9.14. The Bertz CT molecular complexity index is 1060. The molecule has 0 amide bonds. The van der Waals surface area contributed by atoms with Gasteiger partial charge in [0.2, 0.25) is 0 Å². The number of benzene rings is 2. The van der Waals surface area contributed by atoms with Gasteiger partial charge >= 0.3 is 0 Å². The lowest BCUT2D eigenvalue weighted by Gasteiger charge is -2.04. The highest BCUT2D eigenvalue weighted by Crippen LogP contribution is 2.41. The molecule has 0 bridgehead atoms. The molecule has 3 aromatic rings. The van der Waals surface area contributed by atoms with Crippen LogP contribution in [0.2, 0.25) is 0 Å². The van der Waals surface area contributed by atoms with Crippen LogP contribution in [0.1, 0.15) is 22.4 Å². The summed E-state index contributed by atoms with van der Waals surface area (Å²) in [7, 11) is 0. The van der Waals surface area contributed by atoms with Gasteiger partial charge in [-0.25, -0.2) is 9.97 Å². The van der Waals surface area contributed by atoms with Gasteiger partial charge in [-0.1, -0.05) is 30.8 Å². The van der Waals surface area contributed by atoms with E-state index in [1.165, 1.54) is 0 Å². The summed E-state index contributed by atoms with van der Waals surface area (Å²) in [5.41, 5.74) is 6.21. The molecule has 0 saturated carbocycles. The third-order valence-electron chi connectivity index (χ3n) is 3.84. The van der Waals surface area contributed by atoms with Crippen molar-refractivity contribution in [1.82, 2.24) is 9.97 Å². The average Bonchev–Trinajstić information content (AvgIpc) is 2.84. The monoisotopic (exact) mass is 280 g/mol. The predicted molar refractivity (Wildman–Crippen MR) is 82.5 cm³/mol. The van der Waals surface area contributed by atoms with Crippen LogP contribution in [-0.4, -0.2) is 9.97 Å². The van der Waals surface area contributed by atoms with Crippen LogP contribution in [0.15, 0.2) is 43.0 Å². The van der Waals surface area contributed by atoms with Crippen LogP contribution in [0, 0.1) is 22.7 Å². The van der Waals surface area contributed by atoms with Gasteiger partial charge in [0.1, 0.15) is 12.1 Å². The van der Waals surface area contributed by atoms with Crippen LogP contribution >= 0.6 is 0 Å². The van der Waals surface area contributed by atoms with Gasteiger partial charge in [-0.2, -0.15) is 10.5 Å². The molecule has 22 heavy (non-hydrogen) atoms. The SMILES string of the molecule is C=C1c2ccccc2-c2nc3cc(C#N)c(C#N)cc3nc21. The molecule has 4 nitrogen and oxygen atoms in total. The van der Waals surface area contributed by atoms with Crippen molar-refractivity contribution in [3.05, 3.63) is 65.4 Å². The molecule has 0 radical (unpaired) electrons. The Hall–Kier alpha value is -3.50. The second-order valence-electron chi connectivity index (χ2n) is 5.06. The molecule has 0 aliphatic heterocycles. The van der Waals surface area contributed by atoms with Crippen molar-refractivity contribution in [2.75, 3.05) is 0 Å². The fourth-order valence-electron chi connectivity index (χ4n) is 2.77. The van der Waals surface area contributed by atoms with Gasteiger partial charge in [0.05, 0.1) is 33.5 Å². The van der Waals surface area contributed by atoms with Gasteiger partial charge in [-0.15, -0.1) is 0 Å². The summed E-state index contributed by atoms with van der Waals surface area (Å²) < 4.78 is 0. The summed E-state index contributed by atoms with van der Waals surface area (Å²) in [5.74, 6) is 0. The van der Waals surface area contributed by atoms with Crippen LogP contribution in [-0.2, 0) is 0 Å². The summed E-state index contributed by atoms with van der Waals surface area (Å²) in [6.45, 7) is 4.10. The standard InChI is InChI=1S/C18H8N4/c1-10-13-4-2-3-5-14(13)18-17(10)21-15-6-11(8-19)12(9-20)7-16(15)22-18/h2-7H,1H2. The number of fused-ring (bicyclic) bond motifs is 4. The minimum absolute atomic E-state index is 0.311. The highest BCUT2D eigenvalue weighted by atomic mass is 14.8. The van der Waals surface area contributed by atoms with E-state index in [9.17, 15) is 0 Å². The lowest BCUT2D eigenvalue weighted by Crippen LogP contribution is -1.94. The maximum Gasteiger partial charge on any atom is 0.101 e. The van der Waals surface area contributed by atoms with Gasteiger partial charge in [0.15, 0.2) is 0 Å². The van der Waals surface area contributed by atoms with Crippen molar-refractivity contribution in [1.29, 1.82) is 10.5 Å². The van der Waals surface area contributed by atoms with Crippen LogP contribution in [0.5, 0.6) is 0 Å². The summed E-state index contributed by atoms with van der Waals surface area (Å²) in [6, 6.07) is 15.2. The first-order valence-electron chi connectivity index (χ1n) is 6.68. The average molecular weight is 280 g/mol. The predicted octanol–water partition coefficient (Wildman–Crippen LogP) is 3.42. The molecular formula is C18H8N4. The normalized spacial score (nSPS) is 11.6. The minimum Gasteiger partial charge on any atom is -0.244 e. The van der Waals surface area contributed by atoms with E-state index in [1.54, 1.807) is 12.1 Å². The van der Waals surface area contributed by atoms with E-state index in [0.717, 1.165) is 28.1 Å². The van der Waals surface area contributed by atoms with Gasteiger partial charge in [-0.3, -0.25) is 0 Å². The maximum absolute atomic E-state index is 9.14. The number of hydrogen-bond donors (Lipinski definition) is 0. The molecule has 1 aliphatic rings. The molecule has 0 atom stereocenters. The molecule has 2 aromatic carbocycles. The molecule has 0 saturated heterocycles. The summed E-state index contributed by atoms with van der Waals surface area (Å²) in [4.78, 5) is 9.26. The topological polar surface area (TPSA) is 73.4 Å². The van der Waals surface area contributed by atoms with Crippen molar-refractivity contribution >= 4 is 16.6 Å². The Morgan fingerprint density at radius 3 is 1.95 bits per heavy atom. The highest BCUT2D eigenvalue weighted by molar-refractivity contribution is 5.99. The highest BCUT2D eigenvalue weighted by Gasteiger charge is 2.25. The molecule has 1 aliphatic carbocycles. The van der Waals surface area contributed by atoms with Crippen molar-refractivity contribution in [2.24, 2.45) is 0 Å². The summed E-state index contributed by atoms with van der Waals surface area (Å²) in [6.07, 6.45) is 0. The van der Waals surface area contributed by atoms with E-state index in [4.69, 9.17) is 10.5 Å². The molecule has 100 valence electrons. The molecule has 1 heterocycles. The van der Waals surface area contributed by atoms with Gasteiger partial charge in [0, 0.05) is 11.1 Å². The summed E-state index contributed by atoms with van der Waals surface area (Å²) >= 11 is 0. The van der Waals surface area contributed by atoms with Crippen molar-refractivity contribution in [3.8, 4) is 23.4 Å². The number of aromatic nitrogens is 2. The van der Waals surface area contributed by atoms with E-state index in [0.29, 0.717) is 22.2 Å². The lowest BCUT2D eigenvalue weighted by molar-refractivity contribution is 1.27. The number of rotatable bonds is 0. The summed E-state index contributed by atoms with van der Waals surface area (Å²) in [5, 5.41) is 18.3. The molecule has 4 heteroatoms. The first-order chi connectivity index (χ1) is 10.7. The Morgan fingerprint density at radius 1 is 0.818 bits per heavy atom. The van der Waals surface area contributed by atoms with Gasteiger partial charge < -0.3 is 0 Å². The largest absolute Gasteiger partial charge is 0.244 e. The van der Waals surface area contributed by atoms with Crippen molar-refractivity contribution in [2.45, 2.75) is 0 Å². The second kappa shape index (κ2) is 4.25. The fourth-order valence-corrected chi connectivity index (χ4v) is 2.77. The van der Waals surface area contributed by atoms with E-state index in [2.05, 4.69) is 16.5 Å². The third-order valence-corrected chi connectivity index (χ3v) is 3.84. The smallest absolute Gasteiger partial charge is 0.101 e. The van der Waals surface area contributed by atoms with Crippen molar-refractivity contribution < 1.29 is 0 Å². The van der Waals surface area contributed by atoms with E-state index in [-0.39, 0.29) is 0 Å². The molecular weight excluding hydrogens is 272 g/mol.